The van der Waals surface area contributed by atoms with E-state index >= 15 is 0 Å². The summed E-state index contributed by atoms with van der Waals surface area (Å²) in [6, 6.07) is 18.6. The first-order valence-electron chi connectivity index (χ1n) is 9.88. The Bertz CT molecular complexity index is 1160. The lowest BCUT2D eigenvalue weighted by molar-refractivity contribution is -0.120. The van der Waals surface area contributed by atoms with E-state index in [1.807, 2.05) is 39.0 Å². The molecule has 0 unspecified atom stereocenters. The predicted octanol–water partition coefficient (Wildman–Crippen LogP) is 4.52. The highest BCUT2D eigenvalue weighted by atomic mass is 32.2. The van der Waals surface area contributed by atoms with Crippen molar-refractivity contribution in [2.45, 2.75) is 31.7 Å². The number of amides is 1. The second-order valence-electron chi connectivity index (χ2n) is 7.43. The Morgan fingerprint density at radius 1 is 0.968 bits per heavy atom. The lowest BCUT2D eigenvalue weighted by Gasteiger charge is -2.25. The van der Waals surface area contributed by atoms with Crippen LogP contribution in [0.1, 0.15) is 29.7 Å². The number of hydrogen-bond donors (Lipinski definition) is 1. The standard InChI is InChI=1S/C24H25FN2O3S/c1-17-9-10-20(15-18(17)2)19(3)26-24(28)16-27(22-7-5-4-6-8-22)31(29,30)23-13-11-21(25)12-14-23/h4-15,19H,16H2,1-3H3,(H,26,28)/t19-/m0/s1. The third-order valence-corrected chi connectivity index (χ3v) is 6.93. The summed E-state index contributed by atoms with van der Waals surface area (Å²) in [5.74, 6) is -0.981. The lowest BCUT2D eigenvalue weighted by Crippen LogP contribution is -2.41. The average Bonchev–Trinajstić information content (AvgIpc) is 2.74. The summed E-state index contributed by atoms with van der Waals surface area (Å²) in [5.41, 5.74) is 3.55. The van der Waals surface area contributed by atoms with Crippen LogP contribution in [0.25, 0.3) is 0 Å². The zero-order valence-electron chi connectivity index (χ0n) is 17.7. The van der Waals surface area contributed by atoms with Crippen LogP contribution in [-0.2, 0) is 14.8 Å². The van der Waals surface area contributed by atoms with Crippen LogP contribution >= 0.6 is 0 Å². The Hall–Kier alpha value is -3.19. The van der Waals surface area contributed by atoms with Gasteiger partial charge in [-0.1, -0.05) is 36.4 Å². The Morgan fingerprint density at radius 3 is 2.23 bits per heavy atom. The minimum Gasteiger partial charge on any atom is -0.348 e. The van der Waals surface area contributed by atoms with E-state index in [2.05, 4.69) is 5.32 Å². The molecule has 0 fully saturated rings. The van der Waals surface area contributed by atoms with Crippen molar-refractivity contribution in [3.8, 4) is 0 Å². The average molecular weight is 441 g/mol. The fourth-order valence-electron chi connectivity index (χ4n) is 3.18. The van der Waals surface area contributed by atoms with Crippen LogP contribution in [0.4, 0.5) is 10.1 Å². The Morgan fingerprint density at radius 2 is 1.61 bits per heavy atom. The van der Waals surface area contributed by atoms with E-state index in [4.69, 9.17) is 0 Å². The molecule has 0 radical (unpaired) electrons. The van der Waals surface area contributed by atoms with E-state index in [-0.39, 0.29) is 10.9 Å². The van der Waals surface area contributed by atoms with Crippen molar-refractivity contribution in [1.82, 2.24) is 5.32 Å². The highest BCUT2D eigenvalue weighted by Gasteiger charge is 2.27. The molecular formula is C24H25FN2O3S. The molecule has 0 aliphatic heterocycles. The van der Waals surface area contributed by atoms with Crippen molar-refractivity contribution >= 4 is 21.6 Å². The van der Waals surface area contributed by atoms with E-state index in [0.29, 0.717) is 5.69 Å². The van der Waals surface area contributed by atoms with Gasteiger partial charge >= 0.3 is 0 Å². The van der Waals surface area contributed by atoms with Gasteiger partial charge in [0.1, 0.15) is 12.4 Å². The number of halogens is 1. The van der Waals surface area contributed by atoms with E-state index in [1.165, 1.54) is 12.1 Å². The molecular weight excluding hydrogens is 415 g/mol. The van der Waals surface area contributed by atoms with Crippen molar-refractivity contribution < 1.29 is 17.6 Å². The molecule has 0 saturated heterocycles. The number of para-hydroxylation sites is 1. The Labute approximate surface area is 182 Å². The second kappa shape index (κ2) is 9.31. The number of sulfonamides is 1. The highest BCUT2D eigenvalue weighted by molar-refractivity contribution is 7.92. The molecule has 0 aliphatic rings. The molecule has 162 valence electrons. The molecule has 3 aromatic carbocycles. The van der Waals surface area contributed by atoms with Gasteiger partial charge in [-0.2, -0.15) is 0 Å². The molecule has 3 aromatic rings. The second-order valence-corrected chi connectivity index (χ2v) is 9.30. The molecule has 0 aliphatic carbocycles. The fourth-order valence-corrected chi connectivity index (χ4v) is 4.60. The monoisotopic (exact) mass is 440 g/mol. The fraction of sp³-hybridized carbons (Fsp3) is 0.208. The topological polar surface area (TPSA) is 66.5 Å². The molecule has 0 heterocycles. The smallest absolute Gasteiger partial charge is 0.264 e. The van der Waals surface area contributed by atoms with Gasteiger partial charge in [-0.15, -0.1) is 0 Å². The van der Waals surface area contributed by atoms with Gasteiger partial charge in [-0.05, 0) is 73.9 Å². The first-order valence-corrected chi connectivity index (χ1v) is 11.3. The number of aryl methyl sites for hydroxylation is 2. The summed E-state index contributed by atoms with van der Waals surface area (Å²) in [5, 5.41) is 2.87. The minimum absolute atomic E-state index is 0.0900. The summed E-state index contributed by atoms with van der Waals surface area (Å²) in [4.78, 5) is 12.7. The van der Waals surface area contributed by atoms with E-state index < -0.39 is 28.3 Å². The summed E-state index contributed by atoms with van der Waals surface area (Å²) in [6.45, 7) is 5.46. The number of nitrogens with zero attached hydrogens (tertiary/aromatic N) is 1. The van der Waals surface area contributed by atoms with Crippen LogP contribution in [0.15, 0.2) is 77.7 Å². The molecule has 1 N–H and O–H groups in total. The molecule has 7 heteroatoms. The maximum Gasteiger partial charge on any atom is 0.264 e. The molecule has 0 saturated carbocycles. The van der Waals surface area contributed by atoms with Crippen LogP contribution in [0.3, 0.4) is 0 Å². The molecule has 1 atom stereocenters. The van der Waals surface area contributed by atoms with Crippen molar-refractivity contribution in [3.63, 3.8) is 0 Å². The van der Waals surface area contributed by atoms with Crippen LogP contribution < -0.4 is 9.62 Å². The third kappa shape index (κ3) is 5.30. The van der Waals surface area contributed by atoms with Gasteiger partial charge in [0, 0.05) is 0 Å². The van der Waals surface area contributed by atoms with Gasteiger partial charge in [0.15, 0.2) is 0 Å². The van der Waals surface area contributed by atoms with Gasteiger partial charge in [-0.3, -0.25) is 9.10 Å². The molecule has 5 nitrogen and oxygen atoms in total. The first-order chi connectivity index (χ1) is 14.7. The van der Waals surface area contributed by atoms with Crippen LogP contribution in [0.2, 0.25) is 0 Å². The van der Waals surface area contributed by atoms with Gasteiger partial charge in [0.2, 0.25) is 5.91 Å². The normalized spacial score (nSPS) is 12.3. The van der Waals surface area contributed by atoms with E-state index in [9.17, 15) is 17.6 Å². The largest absolute Gasteiger partial charge is 0.348 e. The van der Waals surface area contributed by atoms with Crippen LogP contribution in [0.5, 0.6) is 0 Å². The van der Waals surface area contributed by atoms with Gasteiger partial charge in [-0.25, -0.2) is 12.8 Å². The number of carbonyl (C=O) groups is 1. The Balaban J connectivity index is 1.86. The van der Waals surface area contributed by atoms with Gasteiger partial charge in [0.25, 0.3) is 10.0 Å². The van der Waals surface area contributed by atoms with Crippen molar-refractivity contribution in [2.75, 3.05) is 10.8 Å². The SMILES string of the molecule is Cc1ccc([C@H](C)NC(=O)CN(c2ccccc2)S(=O)(=O)c2ccc(F)cc2)cc1C. The number of anilines is 1. The first kappa shape index (κ1) is 22.5. The highest BCUT2D eigenvalue weighted by Crippen LogP contribution is 2.24. The zero-order valence-corrected chi connectivity index (χ0v) is 18.5. The minimum atomic E-state index is -4.07. The summed E-state index contributed by atoms with van der Waals surface area (Å²) < 4.78 is 40.8. The van der Waals surface area contributed by atoms with Crippen molar-refractivity contribution in [1.29, 1.82) is 0 Å². The number of rotatable bonds is 7. The third-order valence-electron chi connectivity index (χ3n) is 5.14. The maximum absolute atomic E-state index is 13.3. The molecule has 3 rings (SSSR count). The van der Waals surface area contributed by atoms with Crippen LogP contribution in [0, 0.1) is 19.7 Å². The Kier molecular flexibility index (Phi) is 6.75. The van der Waals surface area contributed by atoms with Crippen molar-refractivity contribution in [3.05, 3.63) is 95.3 Å². The molecule has 1 amide bonds. The molecule has 31 heavy (non-hydrogen) atoms. The van der Waals surface area contributed by atoms with Gasteiger partial charge < -0.3 is 5.32 Å². The van der Waals surface area contributed by atoms with Crippen LogP contribution in [-0.4, -0.2) is 20.9 Å². The summed E-state index contributed by atoms with van der Waals surface area (Å²) in [7, 11) is -4.07. The zero-order chi connectivity index (χ0) is 22.6. The number of nitrogens with one attached hydrogen (secondary N) is 1. The van der Waals surface area contributed by atoms with Crippen molar-refractivity contribution in [2.24, 2.45) is 0 Å². The molecule has 0 aromatic heterocycles. The molecule has 0 spiro atoms. The number of hydrogen-bond acceptors (Lipinski definition) is 3. The quantitative estimate of drug-likeness (QED) is 0.588. The summed E-state index contributed by atoms with van der Waals surface area (Å²) in [6.07, 6.45) is 0. The van der Waals surface area contributed by atoms with Gasteiger partial charge in [0.05, 0.1) is 16.6 Å². The number of benzene rings is 3. The van der Waals surface area contributed by atoms with E-state index in [1.54, 1.807) is 30.3 Å². The summed E-state index contributed by atoms with van der Waals surface area (Å²) >= 11 is 0. The molecule has 0 bridgehead atoms. The maximum atomic E-state index is 13.3. The lowest BCUT2D eigenvalue weighted by atomic mass is 10.0. The predicted molar refractivity (Wildman–Crippen MR) is 120 cm³/mol. The number of carbonyl (C=O) groups excluding carboxylic acids is 1. The van der Waals surface area contributed by atoms with E-state index in [0.717, 1.165) is 33.1 Å².